The van der Waals surface area contributed by atoms with E-state index in [1.807, 2.05) is 13.8 Å². The minimum Gasteiger partial charge on any atom is -0.481 e. The first-order valence-corrected chi connectivity index (χ1v) is 15.7. The lowest BCUT2D eigenvalue weighted by atomic mass is 9.88. The third-order valence-electron chi connectivity index (χ3n) is 6.56. The molecule has 0 amide bonds. The summed E-state index contributed by atoms with van der Waals surface area (Å²) in [5, 5.41) is 15.6. The van der Waals surface area contributed by atoms with Crippen molar-refractivity contribution in [3.63, 3.8) is 0 Å². The molecule has 8 nitrogen and oxygen atoms in total. The van der Waals surface area contributed by atoms with Gasteiger partial charge in [0, 0.05) is 44.9 Å². The minimum atomic E-state index is -0.745. The monoisotopic (exact) mass is 578 g/mol. The average Bonchev–Trinajstić information content (AvgIpc) is 3.40. The van der Waals surface area contributed by atoms with Crippen LogP contribution in [0.15, 0.2) is 0 Å². The predicted octanol–water partition coefficient (Wildman–Crippen LogP) is 6.62. The maximum Gasteiger partial charge on any atom is 0.303 e. The number of aliphatic carboxylic acids is 1. The smallest absolute Gasteiger partial charge is 0.303 e. The molecule has 4 aliphatic heterocycles. The van der Waals surface area contributed by atoms with Gasteiger partial charge in [-0.05, 0) is 50.4 Å². The van der Waals surface area contributed by atoms with Gasteiger partial charge in [-0.3, -0.25) is 4.79 Å². The van der Waals surface area contributed by atoms with Crippen molar-refractivity contribution in [2.45, 2.75) is 113 Å². The second-order valence-electron chi connectivity index (χ2n) is 12.2. The second-order valence-corrected chi connectivity index (χ2v) is 12.2. The molecule has 1 aliphatic carbocycles. The fraction of sp³-hybridized carbons (Fsp3) is 0.969. The highest BCUT2D eigenvalue weighted by atomic mass is 16.6. The molecule has 4 heterocycles. The van der Waals surface area contributed by atoms with Crippen LogP contribution in [0.25, 0.3) is 0 Å². The average molecular weight is 579 g/mol. The zero-order chi connectivity index (χ0) is 30.7. The molecule has 0 spiro atoms. The summed E-state index contributed by atoms with van der Waals surface area (Å²) in [6, 6.07) is 0. The van der Waals surface area contributed by atoms with Crippen molar-refractivity contribution >= 4 is 5.97 Å². The van der Waals surface area contributed by atoms with Gasteiger partial charge in [-0.2, -0.15) is 0 Å². The molecular formula is C32H66O8. The van der Waals surface area contributed by atoms with Crippen molar-refractivity contribution in [3.8, 4) is 0 Å². The first-order chi connectivity index (χ1) is 19.0. The van der Waals surface area contributed by atoms with Crippen LogP contribution >= 0.6 is 0 Å². The number of hydrogen-bond acceptors (Lipinski definition) is 7. The number of hydrogen-bond donors (Lipinski definition) is 2. The molecule has 4 saturated heterocycles. The fourth-order valence-electron chi connectivity index (χ4n) is 3.20. The summed E-state index contributed by atoms with van der Waals surface area (Å²) in [5.74, 6) is 2.05. The Hall–Kier alpha value is -0.770. The van der Waals surface area contributed by atoms with Crippen molar-refractivity contribution in [1.29, 1.82) is 0 Å². The lowest BCUT2D eigenvalue weighted by Crippen LogP contribution is -2.36. The normalized spacial score (nSPS) is 24.6. The van der Waals surface area contributed by atoms with Crippen LogP contribution < -0.4 is 0 Å². The van der Waals surface area contributed by atoms with Crippen LogP contribution in [0.3, 0.4) is 0 Å². The molecule has 5 fully saturated rings. The molecular weight excluding hydrogens is 512 g/mol. The number of carbonyl (C=O) groups is 1. The van der Waals surface area contributed by atoms with Crippen LogP contribution in [-0.4, -0.2) is 88.4 Å². The summed E-state index contributed by atoms with van der Waals surface area (Å²) in [6.45, 7) is 25.2. The van der Waals surface area contributed by atoms with Crippen LogP contribution in [0.5, 0.6) is 0 Å². The maximum absolute atomic E-state index is 9.37. The summed E-state index contributed by atoms with van der Waals surface area (Å²) in [4.78, 5) is 9.37. The first-order valence-electron chi connectivity index (χ1n) is 15.7. The maximum atomic E-state index is 9.37. The zero-order valence-electron chi connectivity index (χ0n) is 27.4. The summed E-state index contributed by atoms with van der Waals surface area (Å²) in [6.07, 6.45) is 9.66. The van der Waals surface area contributed by atoms with Gasteiger partial charge in [-0.1, -0.05) is 67.7 Å². The van der Waals surface area contributed by atoms with Crippen LogP contribution in [0.4, 0.5) is 0 Å². The van der Waals surface area contributed by atoms with Gasteiger partial charge < -0.3 is 33.9 Å². The Kier molecular flexibility index (Phi) is 29.3. The Balaban J connectivity index is 0. The van der Waals surface area contributed by atoms with E-state index in [0.717, 1.165) is 83.6 Å². The standard InChI is InChI=1S/C6H12O.C5H10O2.2C5H10O.C5H10.C3H6O2.C3H8O/c1-6-2-4-7-5-3-6;1-5-4-6-2-3-7-5;1-5(2)3-6-4-5;1-5-2-3-6-4-5;1-5-3-2-4-5;1-2-3(4)5;1-2-3-4/h6H,2-5H2,1H3;5H,2-4H2,1H3;3-4H2,1-2H3;5H,2-4H2,1H3;5H,2-4H2,1H3;2H2,1H3,(H,4,5);4H,2-3H2,1H3/t;5-;;5-;;;/m.1.1.../s1. The lowest BCUT2D eigenvalue weighted by molar-refractivity contribution is -0.136. The Morgan fingerprint density at radius 2 is 1.18 bits per heavy atom. The highest BCUT2D eigenvalue weighted by molar-refractivity contribution is 5.66. The summed E-state index contributed by atoms with van der Waals surface area (Å²) in [5.41, 5.74) is 0.500. The van der Waals surface area contributed by atoms with Gasteiger partial charge in [0.25, 0.3) is 0 Å². The third kappa shape index (κ3) is 31.8. The van der Waals surface area contributed by atoms with Crippen LogP contribution in [0.2, 0.25) is 0 Å². The van der Waals surface area contributed by atoms with Gasteiger partial charge >= 0.3 is 5.97 Å². The van der Waals surface area contributed by atoms with Crippen molar-refractivity contribution in [1.82, 2.24) is 0 Å². The van der Waals surface area contributed by atoms with E-state index in [1.54, 1.807) is 6.92 Å². The highest BCUT2D eigenvalue weighted by Gasteiger charge is 2.26. The molecule has 5 aliphatic rings. The molecule has 0 aromatic carbocycles. The van der Waals surface area contributed by atoms with Gasteiger partial charge in [0.05, 0.1) is 39.1 Å². The number of aliphatic hydroxyl groups is 1. The van der Waals surface area contributed by atoms with Crippen LogP contribution in [0, 0.1) is 23.2 Å². The Morgan fingerprint density at radius 3 is 1.30 bits per heavy atom. The van der Waals surface area contributed by atoms with E-state index in [-0.39, 0.29) is 6.42 Å². The van der Waals surface area contributed by atoms with E-state index < -0.39 is 5.97 Å². The molecule has 2 atom stereocenters. The van der Waals surface area contributed by atoms with Crippen molar-refractivity contribution in [3.05, 3.63) is 0 Å². The SMILES string of the molecule is CC1(C)COC1.CC1CCC1.CC1CCOCC1.CCC(=O)O.CCCO.C[C@@H]1CCOC1.C[C@@H]1COCCO1. The van der Waals surface area contributed by atoms with Crippen LogP contribution in [0.1, 0.15) is 107 Å². The molecule has 242 valence electrons. The van der Waals surface area contributed by atoms with E-state index in [9.17, 15) is 4.79 Å². The Labute approximate surface area is 246 Å². The Morgan fingerprint density at radius 1 is 0.725 bits per heavy atom. The number of carboxylic acid groups (broad SMARTS) is 1. The molecule has 40 heavy (non-hydrogen) atoms. The fourth-order valence-corrected chi connectivity index (χ4v) is 3.20. The van der Waals surface area contributed by atoms with E-state index in [0.29, 0.717) is 18.1 Å². The molecule has 0 unspecified atom stereocenters. The van der Waals surface area contributed by atoms with Gasteiger partial charge in [0.2, 0.25) is 0 Å². The molecule has 8 heteroatoms. The van der Waals surface area contributed by atoms with Crippen molar-refractivity contribution in [2.75, 3.05) is 66.1 Å². The quantitative estimate of drug-likeness (QED) is 0.377. The van der Waals surface area contributed by atoms with Gasteiger partial charge in [-0.25, -0.2) is 0 Å². The van der Waals surface area contributed by atoms with E-state index in [2.05, 4.69) is 34.6 Å². The lowest BCUT2D eigenvalue weighted by Gasteiger charge is -2.33. The van der Waals surface area contributed by atoms with Gasteiger partial charge in [0.15, 0.2) is 0 Å². The predicted molar refractivity (Wildman–Crippen MR) is 163 cm³/mol. The number of ether oxygens (including phenoxy) is 5. The van der Waals surface area contributed by atoms with E-state index in [1.165, 1.54) is 38.5 Å². The molecule has 5 rings (SSSR count). The highest BCUT2D eigenvalue weighted by Crippen LogP contribution is 2.24. The number of rotatable bonds is 2. The molecule has 0 radical (unpaired) electrons. The van der Waals surface area contributed by atoms with Crippen LogP contribution in [-0.2, 0) is 28.5 Å². The second kappa shape index (κ2) is 28.4. The zero-order valence-corrected chi connectivity index (χ0v) is 27.4. The summed E-state index contributed by atoms with van der Waals surface area (Å²) in [7, 11) is 0. The Bertz CT molecular complexity index is 497. The molecule has 0 aromatic heterocycles. The minimum absolute atomic E-state index is 0.222. The van der Waals surface area contributed by atoms with Crippen molar-refractivity contribution < 1.29 is 38.7 Å². The molecule has 2 N–H and O–H groups in total. The third-order valence-corrected chi connectivity index (χ3v) is 6.56. The van der Waals surface area contributed by atoms with E-state index >= 15 is 0 Å². The van der Waals surface area contributed by atoms with Gasteiger partial charge in [-0.15, -0.1) is 0 Å². The first kappa shape index (κ1) is 41.4. The molecule has 0 aromatic rings. The largest absolute Gasteiger partial charge is 0.481 e. The summed E-state index contributed by atoms with van der Waals surface area (Å²) < 4.78 is 25.3. The molecule has 0 bridgehead atoms. The summed E-state index contributed by atoms with van der Waals surface area (Å²) >= 11 is 0. The van der Waals surface area contributed by atoms with Crippen molar-refractivity contribution in [2.24, 2.45) is 23.2 Å². The number of aliphatic hydroxyl groups excluding tert-OH is 1. The topological polar surface area (TPSA) is 104 Å². The molecule has 1 saturated carbocycles. The van der Waals surface area contributed by atoms with Gasteiger partial charge in [0.1, 0.15) is 0 Å². The number of carboxylic acids is 1. The van der Waals surface area contributed by atoms with E-state index in [4.69, 9.17) is 33.9 Å².